The van der Waals surface area contributed by atoms with E-state index >= 15 is 0 Å². The molecule has 1 aromatic heterocycles. The number of rotatable bonds is 0. The largest absolute Gasteiger partial charge is 0.370 e. The molecule has 0 amide bonds. The Morgan fingerprint density at radius 3 is 2.83 bits per heavy atom. The lowest BCUT2D eigenvalue weighted by Crippen LogP contribution is -2.19. The van der Waals surface area contributed by atoms with Crippen LogP contribution >= 0.6 is 0 Å². The van der Waals surface area contributed by atoms with E-state index < -0.39 is 5.69 Å². The zero-order valence-corrected chi connectivity index (χ0v) is 6.90. The number of nitrogens with zero attached hydrogens (tertiary/aromatic N) is 4. The average Bonchev–Trinajstić information content (AvgIpc) is 2.29. The van der Waals surface area contributed by atoms with Crippen LogP contribution in [0.25, 0.3) is 0 Å². The van der Waals surface area contributed by atoms with Crippen molar-refractivity contribution in [3.05, 3.63) is 22.1 Å². The van der Waals surface area contributed by atoms with Crippen molar-refractivity contribution >= 4 is 5.71 Å². The Morgan fingerprint density at radius 1 is 1.33 bits per heavy atom. The minimum absolute atomic E-state index is 0.427. The first-order chi connectivity index (χ1) is 5.66. The molecular weight excluding hydrogens is 156 g/mol. The van der Waals surface area contributed by atoms with E-state index in [1.165, 1.54) is 0 Å². The zero-order chi connectivity index (χ0) is 8.72. The van der Waals surface area contributed by atoms with Crippen LogP contribution in [-0.4, -0.2) is 20.4 Å². The molecule has 0 unspecified atom stereocenters. The molecule has 0 bridgehead atoms. The van der Waals surface area contributed by atoms with Crippen LogP contribution in [0.3, 0.4) is 0 Å². The van der Waals surface area contributed by atoms with Crippen molar-refractivity contribution in [2.75, 3.05) is 0 Å². The predicted octanol–water partition coefficient (Wildman–Crippen LogP) is -0.273. The normalized spacial score (nSPS) is 14.3. The van der Waals surface area contributed by atoms with Gasteiger partial charge < -0.3 is 0 Å². The summed E-state index contributed by atoms with van der Waals surface area (Å²) in [4.78, 5) is 18.3. The molecule has 0 radical (unpaired) electrons. The van der Waals surface area contributed by atoms with Gasteiger partial charge in [-0.15, -0.1) is 0 Å². The molecule has 1 aromatic rings. The van der Waals surface area contributed by atoms with Crippen LogP contribution in [0.2, 0.25) is 0 Å². The predicted molar refractivity (Wildman–Crippen MR) is 43.2 cm³/mol. The Balaban J connectivity index is 2.70. The van der Waals surface area contributed by atoms with Crippen LogP contribution < -0.4 is 5.69 Å². The zero-order valence-electron chi connectivity index (χ0n) is 6.90. The fourth-order valence-corrected chi connectivity index (χ4v) is 1.23. The van der Waals surface area contributed by atoms with Gasteiger partial charge in [0.1, 0.15) is 11.6 Å². The average molecular weight is 164 g/mol. The van der Waals surface area contributed by atoms with E-state index in [4.69, 9.17) is 0 Å². The van der Waals surface area contributed by atoms with Crippen molar-refractivity contribution in [2.45, 2.75) is 20.3 Å². The summed E-state index contributed by atoms with van der Waals surface area (Å²) in [7, 11) is 0. The molecule has 0 aromatic carbocycles. The van der Waals surface area contributed by atoms with E-state index in [1.807, 2.05) is 6.92 Å². The third-order valence-electron chi connectivity index (χ3n) is 1.72. The van der Waals surface area contributed by atoms with Gasteiger partial charge in [0.05, 0.1) is 0 Å². The van der Waals surface area contributed by atoms with Crippen molar-refractivity contribution in [2.24, 2.45) is 5.10 Å². The second kappa shape index (κ2) is 2.23. The van der Waals surface area contributed by atoms with Crippen molar-refractivity contribution < 1.29 is 0 Å². The topological polar surface area (TPSA) is 60.1 Å². The molecule has 0 aliphatic carbocycles. The Labute approximate surface area is 68.8 Å². The lowest BCUT2D eigenvalue weighted by atomic mass is 10.3. The first-order valence-corrected chi connectivity index (χ1v) is 3.68. The Morgan fingerprint density at radius 2 is 2.08 bits per heavy atom. The summed E-state index contributed by atoms with van der Waals surface area (Å²) in [6.07, 6.45) is 0.651. The molecule has 0 spiro atoms. The number of hydrogen-bond acceptors (Lipinski definition) is 4. The van der Waals surface area contributed by atoms with Gasteiger partial charge in [-0.25, -0.2) is 9.47 Å². The van der Waals surface area contributed by atoms with Crippen LogP contribution in [0, 0.1) is 6.92 Å². The fourth-order valence-electron chi connectivity index (χ4n) is 1.23. The van der Waals surface area contributed by atoms with E-state index in [1.54, 1.807) is 11.6 Å². The highest BCUT2D eigenvalue weighted by Crippen LogP contribution is 2.07. The molecule has 1 aliphatic heterocycles. The molecule has 1 aliphatic rings. The second-order valence-corrected chi connectivity index (χ2v) is 2.79. The Bertz CT molecular complexity index is 418. The minimum Gasteiger partial charge on any atom is -0.244 e. The van der Waals surface area contributed by atoms with E-state index in [0.717, 1.165) is 5.71 Å². The van der Waals surface area contributed by atoms with Gasteiger partial charge in [0.15, 0.2) is 0 Å². The molecule has 0 N–H and O–H groups in total. The first-order valence-electron chi connectivity index (χ1n) is 3.68. The highest BCUT2D eigenvalue weighted by atomic mass is 16.1. The van der Waals surface area contributed by atoms with E-state index in [9.17, 15) is 4.79 Å². The molecule has 2 heterocycles. The Kier molecular flexibility index (Phi) is 1.33. The quantitative estimate of drug-likeness (QED) is 0.530. The molecule has 0 saturated heterocycles. The summed E-state index contributed by atoms with van der Waals surface area (Å²) < 4.78 is 1.61. The maximum atomic E-state index is 10.9. The van der Waals surface area contributed by atoms with E-state index in [-0.39, 0.29) is 0 Å². The maximum Gasteiger partial charge on any atom is 0.370 e. The summed E-state index contributed by atoms with van der Waals surface area (Å²) >= 11 is 0. The summed E-state index contributed by atoms with van der Waals surface area (Å²) in [5, 5.41) is 4.16. The van der Waals surface area contributed by atoms with Crippen molar-refractivity contribution in [1.82, 2.24) is 14.6 Å². The monoisotopic (exact) mass is 164 g/mol. The smallest absolute Gasteiger partial charge is 0.244 e. The third-order valence-corrected chi connectivity index (χ3v) is 1.72. The van der Waals surface area contributed by atoms with Crippen LogP contribution in [-0.2, 0) is 6.42 Å². The molecule has 5 heteroatoms. The van der Waals surface area contributed by atoms with Crippen LogP contribution in [0.5, 0.6) is 0 Å². The number of hydrogen-bond donors (Lipinski definition) is 0. The van der Waals surface area contributed by atoms with Gasteiger partial charge in [0.25, 0.3) is 0 Å². The number of aromatic nitrogens is 3. The van der Waals surface area contributed by atoms with Crippen molar-refractivity contribution in [1.29, 1.82) is 0 Å². The second-order valence-electron chi connectivity index (χ2n) is 2.79. The SMILES string of the molecule is CC1=Nn2c(C)nc(=O)nc2C1. The fraction of sp³-hybridized carbons (Fsp3) is 0.429. The van der Waals surface area contributed by atoms with Crippen molar-refractivity contribution in [3.63, 3.8) is 0 Å². The summed E-state index contributed by atoms with van der Waals surface area (Å²) in [6.45, 7) is 3.65. The van der Waals surface area contributed by atoms with Gasteiger partial charge in [0, 0.05) is 12.1 Å². The lowest BCUT2D eigenvalue weighted by molar-refractivity contribution is 0.714. The van der Waals surface area contributed by atoms with Crippen molar-refractivity contribution in [3.8, 4) is 0 Å². The maximum absolute atomic E-state index is 10.9. The highest BCUT2D eigenvalue weighted by Gasteiger charge is 2.14. The summed E-state index contributed by atoms with van der Waals surface area (Å²) in [6, 6.07) is 0. The molecular formula is C7H8N4O. The molecule has 0 atom stereocenters. The third kappa shape index (κ3) is 0.939. The first kappa shape index (κ1) is 7.15. The van der Waals surface area contributed by atoms with Gasteiger partial charge >= 0.3 is 5.69 Å². The molecule has 62 valence electrons. The Hall–Kier alpha value is -1.52. The van der Waals surface area contributed by atoms with E-state index in [2.05, 4.69) is 15.1 Å². The molecule has 12 heavy (non-hydrogen) atoms. The molecule has 0 saturated carbocycles. The van der Waals surface area contributed by atoms with Gasteiger partial charge in [0.2, 0.25) is 0 Å². The molecule has 0 fully saturated rings. The standard InChI is InChI=1S/C7H8N4O/c1-4-3-6-9-7(12)8-5(2)11(6)10-4/h3H2,1-2H3. The summed E-state index contributed by atoms with van der Waals surface area (Å²) in [5.74, 6) is 1.28. The van der Waals surface area contributed by atoms with Gasteiger partial charge in [-0.3, -0.25) is 0 Å². The van der Waals surface area contributed by atoms with Crippen LogP contribution in [0.1, 0.15) is 18.6 Å². The van der Waals surface area contributed by atoms with Crippen LogP contribution in [0.15, 0.2) is 9.90 Å². The lowest BCUT2D eigenvalue weighted by Gasteiger charge is -1.99. The van der Waals surface area contributed by atoms with Gasteiger partial charge in [-0.2, -0.15) is 15.1 Å². The minimum atomic E-state index is -0.427. The molecule has 5 nitrogen and oxygen atoms in total. The van der Waals surface area contributed by atoms with Gasteiger partial charge in [-0.05, 0) is 13.8 Å². The molecule has 2 rings (SSSR count). The van der Waals surface area contributed by atoms with Gasteiger partial charge in [-0.1, -0.05) is 0 Å². The van der Waals surface area contributed by atoms with E-state index in [0.29, 0.717) is 18.1 Å². The summed E-state index contributed by atoms with van der Waals surface area (Å²) in [5.41, 5.74) is 0.529. The van der Waals surface area contributed by atoms with Crippen LogP contribution in [0.4, 0.5) is 0 Å². The number of fused-ring (bicyclic) bond motifs is 1. The number of aryl methyl sites for hydroxylation is 1. The highest BCUT2D eigenvalue weighted by molar-refractivity contribution is 5.85.